The summed E-state index contributed by atoms with van der Waals surface area (Å²) in [6.07, 6.45) is 0. The van der Waals surface area contributed by atoms with Crippen molar-refractivity contribution in [3.63, 3.8) is 0 Å². The Morgan fingerprint density at radius 3 is 1.25 bits per heavy atom. The first-order chi connectivity index (χ1) is 1.00. The van der Waals surface area contributed by atoms with Crippen LogP contribution in [0.15, 0.2) is 0 Å². The van der Waals surface area contributed by atoms with Crippen LogP contribution in [0, 0.1) is 7.11 Å². The molecule has 0 aromatic heterocycles. The van der Waals surface area contributed by atoms with Gasteiger partial charge in [0.2, 0.25) is 0 Å². The number of aliphatic hydroxyl groups is 1. The molecule has 1 radical (unpaired) electrons. The topological polar surface area (TPSA) is 51.7 Å². The maximum absolute atomic E-state index is 6.75. The molecule has 0 fully saturated rings. The van der Waals surface area contributed by atoms with E-state index in [9.17, 15) is 0 Å². The molecule has 3 N–H and O–H groups in total. The standard InChI is InChI=1S/CH3O.Co.H2O/c1-2;;/h2H,1H2;;1H2/q-1;;. The van der Waals surface area contributed by atoms with Crippen molar-refractivity contribution in [1.29, 1.82) is 0 Å². The van der Waals surface area contributed by atoms with E-state index < -0.39 is 0 Å². The molecule has 0 saturated carbocycles. The van der Waals surface area contributed by atoms with Crippen molar-refractivity contribution < 1.29 is 27.4 Å². The molecule has 0 amide bonds. The minimum Gasteiger partial charge on any atom is -0.569 e. The summed E-state index contributed by atoms with van der Waals surface area (Å²) in [4.78, 5) is 0. The maximum Gasteiger partial charge on any atom is 0 e. The van der Waals surface area contributed by atoms with Crippen LogP contribution in [0.4, 0.5) is 0 Å². The van der Waals surface area contributed by atoms with E-state index in [-0.39, 0.29) is 22.3 Å². The summed E-state index contributed by atoms with van der Waals surface area (Å²) in [7, 11) is 2.25. The number of hydrogen-bond donors (Lipinski definition) is 1. The molecule has 3 heteroatoms. The van der Waals surface area contributed by atoms with Gasteiger partial charge in [-0.25, -0.2) is 7.11 Å². The summed E-state index contributed by atoms with van der Waals surface area (Å²) in [5.41, 5.74) is 0. The molecule has 0 aliphatic rings. The van der Waals surface area contributed by atoms with E-state index in [1.54, 1.807) is 0 Å². The van der Waals surface area contributed by atoms with E-state index in [4.69, 9.17) is 5.11 Å². The van der Waals surface area contributed by atoms with Crippen molar-refractivity contribution in [2.45, 2.75) is 0 Å². The first-order valence-electron chi connectivity index (χ1n) is 0.316. The summed E-state index contributed by atoms with van der Waals surface area (Å²) in [6.45, 7) is 0. The molecule has 2 nitrogen and oxygen atoms in total. The summed E-state index contributed by atoms with van der Waals surface area (Å²) < 4.78 is 0. The zero-order valence-electron chi connectivity index (χ0n) is 1.99. The van der Waals surface area contributed by atoms with E-state index in [0.717, 1.165) is 0 Å². The molecule has 0 bridgehead atoms. The van der Waals surface area contributed by atoms with Gasteiger partial charge in [-0.15, -0.1) is 0 Å². The van der Waals surface area contributed by atoms with Crippen LogP contribution >= 0.6 is 0 Å². The van der Waals surface area contributed by atoms with Gasteiger partial charge in [0.25, 0.3) is 0 Å². The van der Waals surface area contributed by atoms with Crippen LogP contribution in [-0.4, -0.2) is 10.6 Å². The van der Waals surface area contributed by atoms with Gasteiger partial charge >= 0.3 is 0 Å². The molecule has 0 aliphatic heterocycles. The third-order valence-corrected chi connectivity index (χ3v) is 0. The van der Waals surface area contributed by atoms with Crippen molar-refractivity contribution in [2.75, 3.05) is 0 Å². The van der Waals surface area contributed by atoms with Gasteiger partial charge in [-0.05, 0) is 0 Å². The van der Waals surface area contributed by atoms with Gasteiger partial charge in [0, 0.05) is 16.8 Å². The predicted molar refractivity (Wildman–Crippen MR) is 10.9 cm³/mol. The van der Waals surface area contributed by atoms with Crippen molar-refractivity contribution in [1.82, 2.24) is 0 Å². The molecule has 0 aromatic carbocycles. The Morgan fingerprint density at radius 2 is 1.25 bits per heavy atom. The van der Waals surface area contributed by atoms with Crippen LogP contribution < -0.4 is 0 Å². The second kappa shape index (κ2) is 111. The quantitative estimate of drug-likeness (QED) is 0.411. The maximum atomic E-state index is 6.75. The zero-order valence-corrected chi connectivity index (χ0v) is 3.03. The number of aliphatic hydroxyl groups excluding tert-OH is 1. The summed E-state index contributed by atoms with van der Waals surface area (Å²) >= 11 is 0. The zero-order chi connectivity index (χ0) is 2.00. The molecule has 0 unspecified atom stereocenters. The van der Waals surface area contributed by atoms with E-state index in [2.05, 4.69) is 7.11 Å². The van der Waals surface area contributed by atoms with Gasteiger partial charge in [0.15, 0.2) is 0 Å². The Labute approximate surface area is 35.3 Å². The fourth-order valence-corrected chi connectivity index (χ4v) is 0. The molecule has 0 atom stereocenters. The monoisotopic (exact) mass is 108 g/mol. The minimum atomic E-state index is 0. The van der Waals surface area contributed by atoms with Gasteiger partial charge in [-0.2, -0.15) is 0 Å². The van der Waals surface area contributed by atoms with Crippen molar-refractivity contribution in [3.8, 4) is 0 Å². The van der Waals surface area contributed by atoms with Crippen molar-refractivity contribution in [3.05, 3.63) is 7.11 Å². The number of rotatable bonds is 0. The summed E-state index contributed by atoms with van der Waals surface area (Å²) in [5, 5.41) is 6.75. The normalized spacial score (nSPS) is 1.50. The molecule has 0 aliphatic carbocycles. The van der Waals surface area contributed by atoms with Crippen LogP contribution in [0.1, 0.15) is 0 Å². The largest absolute Gasteiger partial charge is 0.569 e. The second-order valence-electron chi connectivity index (χ2n) is 0. The Bertz CT molecular complexity index is 6.00. The molecule has 4 heavy (non-hydrogen) atoms. The summed E-state index contributed by atoms with van der Waals surface area (Å²) in [5.74, 6) is 0. The van der Waals surface area contributed by atoms with Crippen molar-refractivity contribution >= 4 is 0 Å². The summed E-state index contributed by atoms with van der Waals surface area (Å²) in [6, 6.07) is 0. The molecule has 31 valence electrons. The van der Waals surface area contributed by atoms with E-state index in [1.165, 1.54) is 0 Å². The number of hydrogen-bond acceptors (Lipinski definition) is 1. The third kappa shape index (κ3) is 27.1. The van der Waals surface area contributed by atoms with E-state index in [1.807, 2.05) is 0 Å². The second-order valence-corrected chi connectivity index (χ2v) is 0. The average Bonchev–Trinajstić information content (AvgIpc) is 1.00. The smallest absolute Gasteiger partial charge is 0 e. The molecule has 0 saturated heterocycles. The minimum absolute atomic E-state index is 0. The Morgan fingerprint density at radius 1 is 1.25 bits per heavy atom. The third-order valence-electron chi connectivity index (χ3n) is 0. The Hall–Kier alpha value is 0.426. The van der Waals surface area contributed by atoms with Gasteiger partial charge in [-0.1, -0.05) is 0 Å². The van der Waals surface area contributed by atoms with E-state index in [0.29, 0.717) is 0 Å². The Balaban J connectivity index is -0.00000000500. The van der Waals surface area contributed by atoms with Crippen LogP contribution in [0.3, 0.4) is 0 Å². The van der Waals surface area contributed by atoms with Crippen molar-refractivity contribution in [2.24, 2.45) is 0 Å². The Kier molecular flexibility index (Phi) is 708. The van der Waals surface area contributed by atoms with Gasteiger partial charge < -0.3 is 10.6 Å². The molecular formula is CH5CoO2-. The van der Waals surface area contributed by atoms with E-state index >= 15 is 0 Å². The fraction of sp³-hybridized carbons (Fsp3) is 0. The predicted octanol–water partition coefficient (Wildman–Crippen LogP) is -0.677. The van der Waals surface area contributed by atoms with Crippen LogP contribution in [0.2, 0.25) is 0 Å². The van der Waals surface area contributed by atoms with Crippen LogP contribution in [-0.2, 0) is 16.8 Å². The molecule has 0 heterocycles. The molecule has 0 rings (SSSR count). The molecule has 0 spiro atoms. The average molecular weight is 108 g/mol. The molecular weight excluding hydrogens is 103 g/mol. The van der Waals surface area contributed by atoms with Gasteiger partial charge in [0.1, 0.15) is 0 Å². The SMILES string of the molecule is O.[CH2-]O.[Co]. The van der Waals surface area contributed by atoms with Gasteiger partial charge in [-0.3, -0.25) is 0 Å². The van der Waals surface area contributed by atoms with Crippen LogP contribution in [0.5, 0.6) is 0 Å². The van der Waals surface area contributed by atoms with Crippen LogP contribution in [0.25, 0.3) is 0 Å². The fourth-order valence-electron chi connectivity index (χ4n) is 0. The van der Waals surface area contributed by atoms with Gasteiger partial charge in [0.05, 0.1) is 0 Å². The first-order valence-corrected chi connectivity index (χ1v) is 0.316. The molecule has 0 aromatic rings. The first kappa shape index (κ1) is 25.5.